The Morgan fingerprint density at radius 1 is 1.13 bits per heavy atom. The summed E-state index contributed by atoms with van der Waals surface area (Å²) in [5, 5.41) is 1.11. The number of primary amides is 1. The lowest BCUT2D eigenvalue weighted by Gasteiger charge is -2.33. The number of aryl methyl sites for hydroxylation is 1. The van der Waals surface area contributed by atoms with Crippen molar-refractivity contribution in [1.29, 1.82) is 0 Å². The molecule has 0 saturated carbocycles. The van der Waals surface area contributed by atoms with Crippen molar-refractivity contribution in [2.24, 2.45) is 5.73 Å². The lowest BCUT2D eigenvalue weighted by Crippen LogP contribution is -2.50. The average Bonchev–Trinajstić information content (AvgIpc) is 3.16. The molecule has 1 aliphatic heterocycles. The van der Waals surface area contributed by atoms with Crippen LogP contribution in [-0.4, -0.2) is 41.4 Å². The van der Waals surface area contributed by atoms with E-state index in [9.17, 15) is 9.59 Å². The van der Waals surface area contributed by atoms with Gasteiger partial charge in [0.25, 0.3) is 0 Å². The van der Waals surface area contributed by atoms with Gasteiger partial charge < -0.3 is 20.4 Å². The lowest BCUT2D eigenvalue weighted by atomic mass is 9.98. The number of benzene rings is 2. The number of nitrogens with zero attached hydrogens (tertiary/aromatic N) is 1. The molecule has 3 N–H and O–H groups in total. The molecule has 1 aliphatic rings. The van der Waals surface area contributed by atoms with Crippen molar-refractivity contribution in [3.63, 3.8) is 0 Å². The number of H-pyrrole nitrogens is 1. The maximum Gasteiger partial charge on any atom is 0.240 e. The largest absolute Gasteiger partial charge is 0.497 e. The molecule has 1 saturated heterocycles. The number of carbonyl (C=O) groups is 2. The summed E-state index contributed by atoms with van der Waals surface area (Å²) in [4.78, 5) is 29.9. The third kappa shape index (κ3) is 3.90. The van der Waals surface area contributed by atoms with Crippen LogP contribution in [0.5, 0.6) is 5.75 Å². The Labute approximate surface area is 176 Å². The van der Waals surface area contributed by atoms with Gasteiger partial charge in [-0.1, -0.05) is 18.2 Å². The van der Waals surface area contributed by atoms with E-state index in [2.05, 4.69) is 11.1 Å². The Bertz CT molecular complexity index is 1060. The molecule has 2 heterocycles. The number of methoxy groups -OCH3 is 1. The Balaban J connectivity index is 1.61. The van der Waals surface area contributed by atoms with Gasteiger partial charge in [0.05, 0.1) is 7.11 Å². The van der Waals surface area contributed by atoms with Gasteiger partial charge in [0.2, 0.25) is 11.8 Å². The SMILES string of the molecule is COc1ccc(-c2[nH]c3ccccc3c2CCC(=O)N2CCCCC2C(N)=O)cc1. The smallest absolute Gasteiger partial charge is 0.240 e. The Kier molecular flexibility index (Phi) is 5.74. The van der Waals surface area contributed by atoms with Crippen LogP contribution in [0.1, 0.15) is 31.2 Å². The van der Waals surface area contributed by atoms with Gasteiger partial charge >= 0.3 is 0 Å². The van der Waals surface area contributed by atoms with Crippen LogP contribution in [-0.2, 0) is 16.0 Å². The van der Waals surface area contributed by atoms with Crippen molar-refractivity contribution < 1.29 is 14.3 Å². The summed E-state index contributed by atoms with van der Waals surface area (Å²) in [7, 11) is 1.65. The van der Waals surface area contributed by atoms with E-state index in [0.717, 1.165) is 46.3 Å². The zero-order valence-corrected chi connectivity index (χ0v) is 17.2. The summed E-state index contributed by atoms with van der Waals surface area (Å²) < 4.78 is 5.27. The van der Waals surface area contributed by atoms with Gasteiger partial charge in [0, 0.05) is 29.6 Å². The molecule has 0 bridgehead atoms. The zero-order chi connectivity index (χ0) is 21.1. The van der Waals surface area contributed by atoms with Gasteiger partial charge in [0.1, 0.15) is 11.8 Å². The molecular weight excluding hydrogens is 378 g/mol. The molecule has 30 heavy (non-hydrogen) atoms. The summed E-state index contributed by atoms with van der Waals surface area (Å²) in [6, 6.07) is 15.5. The minimum absolute atomic E-state index is 0.00976. The highest BCUT2D eigenvalue weighted by Gasteiger charge is 2.30. The minimum Gasteiger partial charge on any atom is -0.497 e. The van der Waals surface area contributed by atoms with Crippen molar-refractivity contribution in [1.82, 2.24) is 9.88 Å². The standard InChI is InChI=1S/C24H27N3O3/c1-30-17-11-9-16(10-12-17)23-19(18-6-2-3-7-20(18)26-23)13-14-22(28)27-15-5-4-8-21(27)24(25)29/h2-3,6-7,9-12,21,26H,4-5,8,13-15H2,1H3,(H2,25,29). The number of carbonyl (C=O) groups excluding carboxylic acids is 2. The van der Waals surface area contributed by atoms with E-state index in [1.165, 1.54) is 0 Å². The van der Waals surface area contributed by atoms with Crippen LogP contribution >= 0.6 is 0 Å². The zero-order valence-electron chi connectivity index (χ0n) is 17.2. The van der Waals surface area contributed by atoms with Crippen molar-refractivity contribution in [3.8, 4) is 17.0 Å². The monoisotopic (exact) mass is 405 g/mol. The fourth-order valence-corrected chi connectivity index (χ4v) is 4.37. The van der Waals surface area contributed by atoms with Gasteiger partial charge in [-0.05, 0) is 67.1 Å². The van der Waals surface area contributed by atoms with Crippen LogP contribution in [0.15, 0.2) is 48.5 Å². The predicted octanol–water partition coefficient (Wildman–Crippen LogP) is 3.64. The number of hydrogen-bond acceptors (Lipinski definition) is 3. The fraction of sp³-hybridized carbons (Fsp3) is 0.333. The number of piperidine rings is 1. The van der Waals surface area contributed by atoms with Crippen LogP contribution in [0.25, 0.3) is 22.2 Å². The molecule has 1 fully saturated rings. The van der Waals surface area contributed by atoms with Crippen molar-refractivity contribution in [2.75, 3.05) is 13.7 Å². The number of fused-ring (bicyclic) bond motifs is 1. The number of rotatable bonds is 6. The molecule has 0 aliphatic carbocycles. The number of amides is 2. The molecular formula is C24H27N3O3. The first kappa shape index (κ1) is 20.0. The van der Waals surface area contributed by atoms with E-state index in [4.69, 9.17) is 10.5 Å². The molecule has 156 valence electrons. The molecule has 3 aromatic rings. The van der Waals surface area contributed by atoms with Crippen molar-refractivity contribution >= 4 is 22.7 Å². The van der Waals surface area contributed by atoms with Gasteiger partial charge in [-0.3, -0.25) is 9.59 Å². The Hall–Kier alpha value is -3.28. The number of hydrogen-bond donors (Lipinski definition) is 2. The quantitative estimate of drug-likeness (QED) is 0.656. The summed E-state index contributed by atoms with van der Waals surface area (Å²) >= 11 is 0. The van der Waals surface area contributed by atoms with E-state index in [1.807, 2.05) is 42.5 Å². The number of nitrogens with two attached hydrogens (primary N) is 1. The van der Waals surface area contributed by atoms with Crippen LogP contribution in [0.2, 0.25) is 0 Å². The summed E-state index contributed by atoms with van der Waals surface area (Å²) in [6.07, 6.45) is 3.44. The molecule has 1 unspecified atom stereocenters. The Morgan fingerprint density at radius 3 is 2.63 bits per heavy atom. The summed E-state index contributed by atoms with van der Waals surface area (Å²) in [6.45, 7) is 0.603. The van der Waals surface area contributed by atoms with Crippen LogP contribution in [0.3, 0.4) is 0 Å². The van der Waals surface area contributed by atoms with Crippen molar-refractivity contribution in [3.05, 3.63) is 54.1 Å². The molecule has 4 rings (SSSR count). The molecule has 0 spiro atoms. The van der Waals surface area contributed by atoms with Crippen LogP contribution in [0, 0.1) is 0 Å². The molecule has 0 radical (unpaired) electrons. The maximum absolute atomic E-state index is 13.0. The van der Waals surface area contributed by atoms with Gasteiger partial charge in [-0.15, -0.1) is 0 Å². The normalized spacial score (nSPS) is 16.6. The minimum atomic E-state index is -0.477. The van der Waals surface area contributed by atoms with Gasteiger partial charge in [0.15, 0.2) is 0 Å². The predicted molar refractivity (Wildman–Crippen MR) is 117 cm³/mol. The summed E-state index contributed by atoms with van der Waals surface area (Å²) in [5.74, 6) is 0.382. The average molecular weight is 405 g/mol. The fourth-order valence-electron chi connectivity index (χ4n) is 4.37. The van der Waals surface area contributed by atoms with Crippen LogP contribution < -0.4 is 10.5 Å². The number of para-hydroxylation sites is 1. The lowest BCUT2D eigenvalue weighted by molar-refractivity contribution is -0.141. The molecule has 1 aromatic heterocycles. The summed E-state index contributed by atoms with van der Waals surface area (Å²) in [5.41, 5.74) is 9.74. The van der Waals surface area contributed by atoms with Gasteiger partial charge in [-0.25, -0.2) is 0 Å². The number of aromatic nitrogens is 1. The second kappa shape index (κ2) is 8.61. The molecule has 1 atom stereocenters. The van der Waals surface area contributed by atoms with E-state index in [1.54, 1.807) is 12.0 Å². The number of ether oxygens (including phenoxy) is 1. The molecule has 2 aromatic carbocycles. The van der Waals surface area contributed by atoms with Crippen molar-refractivity contribution in [2.45, 2.75) is 38.1 Å². The highest BCUT2D eigenvalue weighted by atomic mass is 16.5. The molecule has 2 amide bonds. The van der Waals surface area contributed by atoms with E-state index >= 15 is 0 Å². The number of likely N-dealkylation sites (tertiary alicyclic amines) is 1. The first-order valence-corrected chi connectivity index (χ1v) is 10.4. The van der Waals surface area contributed by atoms with E-state index < -0.39 is 11.9 Å². The second-order valence-electron chi connectivity index (χ2n) is 7.75. The highest BCUT2D eigenvalue weighted by molar-refractivity contribution is 5.92. The number of nitrogens with one attached hydrogen (secondary N) is 1. The topological polar surface area (TPSA) is 88.4 Å². The van der Waals surface area contributed by atoms with Gasteiger partial charge in [-0.2, -0.15) is 0 Å². The Morgan fingerprint density at radius 2 is 1.90 bits per heavy atom. The third-order valence-electron chi connectivity index (χ3n) is 5.93. The first-order valence-electron chi connectivity index (χ1n) is 10.4. The molecule has 6 heteroatoms. The molecule has 6 nitrogen and oxygen atoms in total. The second-order valence-corrected chi connectivity index (χ2v) is 7.75. The third-order valence-corrected chi connectivity index (χ3v) is 5.93. The van der Waals surface area contributed by atoms with Crippen LogP contribution in [0.4, 0.5) is 0 Å². The highest BCUT2D eigenvalue weighted by Crippen LogP contribution is 2.32. The van der Waals surface area contributed by atoms with E-state index in [-0.39, 0.29) is 5.91 Å². The first-order chi connectivity index (χ1) is 14.6. The number of aromatic amines is 1. The van der Waals surface area contributed by atoms with E-state index in [0.29, 0.717) is 25.8 Å². The maximum atomic E-state index is 13.0.